The fraction of sp³-hybridized carbons (Fsp3) is 0.200. The molecule has 0 saturated carbocycles. The van der Waals surface area contributed by atoms with Gasteiger partial charge in [0, 0.05) is 10.0 Å². The Morgan fingerprint density at radius 2 is 1.91 bits per heavy atom. The van der Waals surface area contributed by atoms with Gasteiger partial charge in [-0.05, 0) is 24.0 Å². The van der Waals surface area contributed by atoms with Gasteiger partial charge in [-0.15, -0.1) is 11.8 Å². The van der Waals surface area contributed by atoms with E-state index in [4.69, 9.17) is 5.26 Å². The van der Waals surface area contributed by atoms with Crippen LogP contribution in [0.15, 0.2) is 39.8 Å². The van der Waals surface area contributed by atoms with Crippen LogP contribution < -0.4 is 0 Å². The minimum Gasteiger partial charge on any atom is -0.240 e. The predicted molar refractivity (Wildman–Crippen MR) is 83.5 cm³/mol. The van der Waals surface area contributed by atoms with Gasteiger partial charge in [-0.3, -0.25) is 0 Å². The number of pyridine rings is 1. The number of nitriles is 1. The Bertz CT molecular complexity index is 721. The number of rotatable bonds is 3. The standard InChI is InChI=1S/C15H10BrF3N2S/c1-2-22-14-11(8-20)12(15(17,18)19)7-13(21-14)9-3-5-10(16)6-4-9/h3-7H,2H2,1H3. The number of hydrogen-bond donors (Lipinski definition) is 0. The van der Waals surface area contributed by atoms with Crippen molar-refractivity contribution in [2.24, 2.45) is 0 Å². The Balaban J connectivity index is 2.68. The number of alkyl halides is 3. The molecule has 0 saturated heterocycles. The molecule has 0 fully saturated rings. The van der Waals surface area contributed by atoms with Crippen molar-refractivity contribution in [1.82, 2.24) is 4.98 Å². The number of aromatic nitrogens is 1. The van der Waals surface area contributed by atoms with Crippen molar-refractivity contribution in [1.29, 1.82) is 5.26 Å². The number of nitrogens with zero attached hydrogens (tertiary/aromatic N) is 2. The van der Waals surface area contributed by atoms with E-state index in [1.165, 1.54) is 0 Å². The quantitative estimate of drug-likeness (QED) is 0.652. The summed E-state index contributed by atoms with van der Waals surface area (Å²) < 4.78 is 40.5. The van der Waals surface area contributed by atoms with Crippen molar-refractivity contribution in [2.75, 3.05) is 5.75 Å². The summed E-state index contributed by atoms with van der Waals surface area (Å²) in [6, 6.07) is 9.39. The van der Waals surface area contributed by atoms with Crippen LogP contribution in [0, 0.1) is 11.3 Å². The summed E-state index contributed by atoms with van der Waals surface area (Å²) >= 11 is 4.40. The molecule has 1 aromatic carbocycles. The Labute approximate surface area is 138 Å². The summed E-state index contributed by atoms with van der Waals surface area (Å²) in [6.07, 6.45) is -4.60. The lowest BCUT2D eigenvalue weighted by Gasteiger charge is -2.14. The van der Waals surface area contributed by atoms with Crippen LogP contribution >= 0.6 is 27.7 Å². The van der Waals surface area contributed by atoms with Crippen LogP contribution in [-0.4, -0.2) is 10.7 Å². The highest BCUT2D eigenvalue weighted by Gasteiger charge is 2.36. The van der Waals surface area contributed by atoms with Gasteiger partial charge in [0.05, 0.1) is 16.8 Å². The maximum Gasteiger partial charge on any atom is 0.417 e. The van der Waals surface area contributed by atoms with Gasteiger partial charge < -0.3 is 0 Å². The zero-order chi connectivity index (χ0) is 16.3. The fourth-order valence-electron chi connectivity index (χ4n) is 1.86. The molecule has 1 heterocycles. The molecule has 0 bridgehead atoms. The zero-order valence-corrected chi connectivity index (χ0v) is 13.8. The molecule has 22 heavy (non-hydrogen) atoms. The first kappa shape index (κ1) is 16.8. The van der Waals surface area contributed by atoms with E-state index in [1.807, 2.05) is 0 Å². The normalized spacial score (nSPS) is 11.3. The van der Waals surface area contributed by atoms with Gasteiger partial charge in [0.2, 0.25) is 0 Å². The van der Waals surface area contributed by atoms with Crippen LogP contribution in [0.3, 0.4) is 0 Å². The molecule has 7 heteroatoms. The molecule has 2 aromatic rings. The van der Waals surface area contributed by atoms with Crippen LogP contribution in [0.25, 0.3) is 11.3 Å². The Hall–Kier alpha value is -1.52. The minimum atomic E-state index is -4.60. The van der Waals surface area contributed by atoms with Crippen molar-refractivity contribution in [2.45, 2.75) is 18.1 Å². The lowest BCUT2D eigenvalue weighted by Crippen LogP contribution is -2.10. The molecule has 0 aliphatic carbocycles. The third-order valence-corrected chi connectivity index (χ3v) is 4.21. The van der Waals surface area contributed by atoms with Gasteiger partial charge in [0.25, 0.3) is 0 Å². The average molecular weight is 387 g/mol. The first-order valence-electron chi connectivity index (χ1n) is 6.28. The van der Waals surface area contributed by atoms with Gasteiger partial charge in [-0.2, -0.15) is 18.4 Å². The summed E-state index contributed by atoms with van der Waals surface area (Å²) in [5.41, 5.74) is -0.593. The van der Waals surface area contributed by atoms with Crippen molar-refractivity contribution in [3.05, 3.63) is 45.9 Å². The number of hydrogen-bond acceptors (Lipinski definition) is 3. The van der Waals surface area contributed by atoms with E-state index in [2.05, 4.69) is 20.9 Å². The van der Waals surface area contributed by atoms with Crippen LogP contribution in [0.4, 0.5) is 13.2 Å². The van der Waals surface area contributed by atoms with Crippen LogP contribution in [-0.2, 0) is 6.18 Å². The molecule has 0 radical (unpaired) electrons. The van der Waals surface area contributed by atoms with Crippen LogP contribution in [0.2, 0.25) is 0 Å². The third-order valence-electron chi connectivity index (χ3n) is 2.82. The molecule has 0 aliphatic heterocycles. The number of thioether (sulfide) groups is 1. The van der Waals surface area contributed by atoms with Crippen LogP contribution in [0.5, 0.6) is 0 Å². The number of benzene rings is 1. The van der Waals surface area contributed by atoms with E-state index in [0.717, 1.165) is 22.3 Å². The summed E-state index contributed by atoms with van der Waals surface area (Å²) in [4.78, 5) is 4.23. The lowest BCUT2D eigenvalue weighted by molar-refractivity contribution is -0.138. The topological polar surface area (TPSA) is 36.7 Å². The first-order chi connectivity index (χ1) is 10.4. The molecule has 2 rings (SSSR count). The molecule has 1 aromatic heterocycles. The van der Waals surface area contributed by atoms with Crippen LogP contribution in [0.1, 0.15) is 18.1 Å². The molecule has 114 valence electrons. The van der Waals surface area contributed by atoms with Gasteiger partial charge in [-0.1, -0.05) is 35.0 Å². The Morgan fingerprint density at radius 3 is 2.41 bits per heavy atom. The molecule has 0 N–H and O–H groups in total. The first-order valence-corrected chi connectivity index (χ1v) is 8.05. The zero-order valence-electron chi connectivity index (χ0n) is 11.4. The highest BCUT2D eigenvalue weighted by Crippen LogP contribution is 2.37. The highest BCUT2D eigenvalue weighted by atomic mass is 79.9. The second kappa shape index (κ2) is 6.71. The highest BCUT2D eigenvalue weighted by molar-refractivity contribution is 9.10. The largest absolute Gasteiger partial charge is 0.417 e. The molecular weight excluding hydrogens is 377 g/mol. The van der Waals surface area contributed by atoms with Crippen molar-refractivity contribution in [3.63, 3.8) is 0 Å². The van der Waals surface area contributed by atoms with Gasteiger partial charge in [0.15, 0.2) is 0 Å². The lowest BCUT2D eigenvalue weighted by atomic mass is 10.1. The molecule has 0 unspecified atom stereocenters. The molecule has 0 spiro atoms. The monoisotopic (exact) mass is 386 g/mol. The Morgan fingerprint density at radius 1 is 1.27 bits per heavy atom. The van der Waals surface area contributed by atoms with E-state index < -0.39 is 17.3 Å². The maximum absolute atomic E-state index is 13.2. The van der Waals surface area contributed by atoms with Crippen molar-refractivity contribution in [3.8, 4) is 17.3 Å². The summed E-state index contributed by atoms with van der Waals surface area (Å²) in [7, 11) is 0. The van der Waals surface area contributed by atoms with Gasteiger partial charge >= 0.3 is 6.18 Å². The van der Waals surface area contributed by atoms with Gasteiger partial charge in [0.1, 0.15) is 11.1 Å². The summed E-state index contributed by atoms with van der Waals surface area (Å²) in [5.74, 6) is 0.531. The van der Waals surface area contributed by atoms with E-state index in [-0.39, 0.29) is 10.7 Å². The molecule has 0 aliphatic rings. The fourth-order valence-corrected chi connectivity index (χ4v) is 2.86. The summed E-state index contributed by atoms with van der Waals surface area (Å²) in [6.45, 7) is 1.80. The van der Waals surface area contributed by atoms with Crippen molar-refractivity contribution >= 4 is 27.7 Å². The SMILES string of the molecule is CCSc1nc(-c2ccc(Br)cc2)cc(C(F)(F)F)c1C#N. The third kappa shape index (κ3) is 3.62. The maximum atomic E-state index is 13.2. The van der Waals surface area contributed by atoms with Crippen molar-refractivity contribution < 1.29 is 13.2 Å². The molecule has 0 atom stereocenters. The molecule has 0 amide bonds. The molecular formula is C15H10BrF3N2S. The van der Waals surface area contributed by atoms with E-state index >= 15 is 0 Å². The number of halogens is 4. The smallest absolute Gasteiger partial charge is 0.240 e. The van der Waals surface area contributed by atoms with Gasteiger partial charge in [-0.25, -0.2) is 4.98 Å². The predicted octanol–water partition coefficient (Wildman–Crippen LogP) is 5.51. The second-order valence-electron chi connectivity index (χ2n) is 4.28. The van der Waals surface area contributed by atoms with E-state index in [1.54, 1.807) is 37.3 Å². The second-order valence-corrected chi connectivity index (χ2v) is 6.45. The Kier molecular flexibility index (Phi) is 5.14. The average Bonchev–Trinajstić information content (AvgIpc) is 2.46. The summed E-state index contributed by atoms with van der Waals surface area (Å²) in [5, 5.41) is 9.19. The van der Waals surface area contributed by atoms with E-state index in [0.29, 0.717) is 11.3 Å². The molecule has 2 nitrogen and oxygen atoms in total. The van der Waals surface area contributed by atoms with E-state index in [9.17, 15) is 13.2 Å². The minimum absolute atomic E-state index is 0.109.